The molecule has 0 radical (unpaired) electrons. The lowest BCUT2D eigenvalue weighted by atomic mass is 10.1. The molecule has 0 aromatic carbocycles. The molecule has 0 N–H and O–H groups in total. The summed E-state index contributed by atoms with van der Waals surface area (Å²) in [5.41, 5.74) is 0. The normalized spacial score (nSPS) is 42.0. The van der Waals surface area contributed by atoms with Gasteiger partial charge in [0, 0.05) is 0 Å². The van der Waals surface area contributed by atoms with Crippen LogP contribution >= 0.6 is 0 Å². The average Bonchev–Trinajstić information content (AvgIpc) is 3.01. The fraction of sp³-hybridized carbons (Fsp3) is 1.00. The van der Waals surface area contributed by atoms with E-state index in [4.69, 9.17) is 0 Å². The number of unbranched alkanes of at least 4 members (excludes halogenated alkanes) is 1. The summed E-state index contributed by atoms with van der Waals surface area (Å²) in [6.07, 6.45) is 10.6. The molecule has 13 heavy (non-hydrogen) atoms. The maximum absolute atomic E-state index is 2.35. The first kappa shape index (κ1) is 9.55. The Balaban J connectivity index is 1.54. The van der Waals surface area contributed by atoms with E-state index in [1.165, 1.54) is 25.7 Å². The Bertz CT molecular complexity index is 161. The highest BCUT2D eigenvalue weighted by molar-refractivity contribution is 4.94. The highest BCUT2D eigenvalue weighted by atomic mass is 14.5. The maximum atomic E-state index is 2.35. The van der Waals surface area contributed by atoms with Crippen LogP contribution in [-0.4, -0.2) is 0 Å². The molecule has 0 spiro atoms. The van der Waals surface area contributed by atoms with E-state index >= 15 is 0 Å². The summed E-state index contributed by atoms with van der Waals surface area (Å²) in [4.78, 5) is 0. The van der Waals surface area contributed by atoms with Crippen molar-refractivity contribution in [1.29, 1.82) is 0 Å². The molecular formula is C13H24. The van der Waals surface area contributed by atoms with Crippen molar-refractivity contribution in [3.8, 4) is 0 Å². The van der Waals surface area contributed by atoms with Gasteiger partial charge in [-0.05, 0) is 42.9 Å². The van der Waals surface area contributed by atoms with Crippen molar-refractivity contribution in [2.45, 2.75) is 58.8 Å². The van der Waals surface area contributed by atoms with Crippen molar-refractivity contribution in [3.05, 3.63) is 0 Å². The zero-order valence-corrected chi connectivity index (χ0v) is 9.26. The van der Waals surface area contributed by atoms with Gasteiger partial charge in [-0.15, -0.1) is 0 Å². The van der Waals surface area contributed by atoms with E-state index in [9.17, 15) is 0 Å². The van der Waals surface area contributed by atoms with Crippen LogP contribution in [0.15, 0.2) is 0 Å². The predicted octanol–water partition coefficient (Wildman–Crippen LogP) is 4.25. The highest BCUT2D eigenvalue weighted by Crippen LogP contribution is 2.54. The zero-order chi connectivity index (χ0) is 9.26. The van der Waals surface area contributed by atoms with Crippen LogP contribution in [0.5, 0.6) is 0 Å². The van der Waals surface area contributed by atoms with Gasteiger partial charge in [0.1, 0.15) is 0 Å². The predicted molar refractivity (Wildman–Crippen MR) is 57.6 cm³/mol. The van der Waals surface area contributed by atoms with Gasteiger partial charge in [0.2, 0.25) is 0 Å². The van der Waals surface area contributed by atoms with Gasteiger partial charge in [0.05, 0.1) is 0 Å². The van der Waals surface area contributed by atoms with Gasteiger partial charge >= 0.3 is 0 Å². The van der Waals surface area contributed by atoms with Crippen molar-refractivity contribution in [1.82, 2.24) is 0 Å². The van der Waals surface area contributed by atoms with Crippen molar-refractivity contribution >= 4 is 0 Å². The lowest BCUT2D eigenvalue weighted by Crippen LogP contribution is -1.87. The second kappa shape index (κ2) is 4.02. The molecule has 2 saturated carbocycles. The van der Waals surface area contributed by atoms with Gasteiger partial charge in [-0.1, -0.05) is 39.5 Å². The summed E-state index contributed by atoms with van der Waals surface area (Å²) in [5.74, 6) is 4.60. The van der Waals surface area contributed by atoms with Crippen LogP contribution in [0.1, 0.15) is 58.8 Å². The zero-order valence-electron chi connectivity index (χ0n) is 9.26. The number of hydrogen-bond donors (Lipinski definition) is 0. The van der Waals surface area contributed by atoms with E-state index in [2.05, 4.69) is 13.8 Å². The fourth-order valence-electron chi connectivity index (χ4n) is 2.91. The average molecular weight is 180 g/mol. The summed E-state index contributed by atoms with van der Waals surface area (Å²) in [6.45, 7) is 4.66. The van der Waals surface area contributed by atoms with Crippen LogP contribution in [0.25, 0.3) is 0 Å². The second-order valence-electron chi connectivity index (χ2n) is 5.30. The molecule has 0 aromatic heterocycles. The Labute approximate surface area is 83.1 Å². The quantitative estimate of drug-likeness (QED) is 0.573. The first-order valence-corrected chi connectivity index (χ1v) is 6.35. The van der Waals surface area contributed by atoms with E-state index in [-0.39, 0.29) is 0 Å². The molecule has 4 unspecified atom stereocenters. The topological polar surface area (TPSA) is 0 Å². The SMILES string of the molecule is CCCCC1CC1CC1CC1CC. The molecule has 0 aliphatic heterocycles. The molecule has 0 heteroatoms. The molecule has 0 aromatic rings. The molecule has 0 bridgehead atoms. The maximum Gasteiger partial charge on any atom is -0.0380 e. The molecule has 4 atom stereocenters. The van der Waals surface area contributed by atoms with Crippen LogP contribution in [0.2, 0.25) is 0 Å². The van der Waals surface area contributed by atoms with Crippen LogP contribution < -0.4 is 0 Å². The third kappa shape index (κ3) is 2.48. The van der Waals surface area contributed by atoms with E-state index in [0.717, 1.165) is 23.7 Å². The van der Waals surface area contributed by atoms with Gasteiger partial charge in [-0.2, -0.15) is 0 Å². The summed E-state index contributed by atoms with van der Waals surface area (Å²) in [6, 6.07) is 0. The third-order valence-electron chi connectivity index (χ3n) is 4.20. The smallest absolute Gasteiger partial charge is 0.0380 e. The van der Waals surface area contributed by atoms with Crippen LogP contribution in [0.4, 0.5) is 0 Å². The minimum Gasteiger partial charge on any atom is -0.0654 e. The molecular weight excluding hydrogens is 156 g/mol. The van der Waals surface area contributed by atoms with Crippen molar-refractivity contribution in [3.63, 3.8) is 0 Å². The lowest BCUT2D eigenvalue weighted by Gasteiger charge is -1.98. The van der Waals surface area contributed by atoms with E-state index in [0.29, 0.717) is 0 Å². The minimum absolute atomic E-state index is 1.13. The summed E-state index contributed by atoms with van der Waals surface area (Å²) < 4.78 is 0. The first-order chi connectivity index (χ1) is 6.35. The van der Waals surface area contributed by atoms with Crippen molar-refractivity contribution in [2.75, 3.05) is 0 Å². The summed E-state index contributed by atoms with van der Waals surface area (Å²) >= 11 is 0. The molecule has 2 aliphatic rings. The van der Waals surface area contributed by atoms with Gasteiger partial charge in [0.15, 0.2) is 0 Å². The fourth-order valence-corrected chi connectivity index (χ4v) is 2.91. The first-order valence-electron chi connectivity index (χ1n) is 6.35. The van der Waals surface area contributed by atoms with Gasteiger partial charge < -0.3 is 0 Å². The second-order valence-corrected chi connectivity index (χ2v) is 5.30. The highest BCUT2D eigenvalue weighted by Gasteiger charge is 2.44. The van der Waals surface area contributed by atoms with Crippen molar-refractivity contribution < 1.29 is 0 Å². The molecule has 2 rings (SSSR count). The number of hydrogen-bond acceptors (Lipinski definition) is 0. The Kier molecular flexibility index (Phi) is 2.96. The lowest BCUT2D eigenvalue weighted by molar-refractivity contribution is 0.529. The van der Waals surface area contributed by atoms with Crippen LogP contribution in [0.3, 0.4) is 0 Å². The van der Waals surface area contributed by atoms with Crippen molar-refractivity contribution in [2.24, 2.45) is 23.7 Å². The largest absolute Gasteiger partial charge is 0.0654 e. The minimum atomic E-state index is 1.13. The van der Waals surface area contributed by atoms with Crippen LogP contribution in [-0.2, 0) is 0 Å². The van der Waals surface area contributed by atoms with Gasteiger partial charge in [-0.25, -0.2) is 0 Å². The summed E-state index contributed by atoms with van der Waals surface area (Å²) in [7, 11) is 0. The van der Waals surface area contributed by atoms with E-state index in [1.807, 2.05) is 0 Å². The molecule has 0 amide bonds. The van der Waals surface area contributed by atoms with E-state index in [1.54, 1.807) is 19.3 Å². The summed E-state index contributed by atoms with van der Waals surface area (Å²) in [5, 5.41) is 0. The Morgan fingerprint density at radius 1 is 0.923 bits per heavy atom. The van der Waals surface area contributed by atoms with Crippen LogP contribution in [0, 0.1) is 23.7 Å². The molecule has 2 fully saturated rings. The third-order valence-corrected chi connectivity index (χ3v) is 4.20. The number of rotatable bonds is 6. The molecule has 0 nitrogen and oxygen atoms in total. The molecule has 2 aliphatic carbocycles. The molecule has 0 heterocycles. The Morgan fingerprint density at radius 3 is 2.23 bits per heavy atom. The monoisotopic (exact) mass is 180 g/mol. The van der Waals surface area contributed by atoms with E-state index < -0.39 is 0 Å². The molecule has 76 valence electrons. The Hall–Kier alpha value is 0. The van der Waals surface area contributed by atoms with Gasteiger partial charge in [0.25, 0.3) is 0 Å². The standard InChI is InChI=1S/C13H24/c1-3-5-6-11-8-13(11)9-12-7-10(12)4-2/h10-13H,3-9H2,1-2H3. The van der Waals surface area contributed by atoms with Gasteiger partial charge in [-0.3, -0.25) is 0 Å². The molecule has 0 saturated heterocycles. The Morgan fingerprint density at radius 2 is 1.62 bits per heavy atom.